The van der Waals surface area contributed by atoms with Crippen LogP contribution < -0.4 is 10.1 Å². The topological polar surface area (TPSA) is 34.1 Å². The highest BCUT2D eigenvalue weighted by Crippen LogP contribution is 2.30. The smallest absolute Gasteiger partial charge is 0.146 e. The number of aryl methyl sites for hydroxylation is 1. The zero-order chi connectivity index (χ0) is 11.7. The Morgan fingerprint density at radius 3 is 3.00 bits per heavy atom. The number of hydrogen-bond donors (Lipinski definition) is 1. The van der Waals surface area contributed by atoms with Crippen LogP contribution in [-0.4, -0.2) is 24.2 Å². The lowest BCUT2D eigenvalue weighted by Crippen LogP contribution is -2.34. The van der Waals surface area contributed by atoms with Gasteiger partial charge in [-0.2, -0.15) is 0 Å². The summed E-state index contributed by atoms with van der Waals surface area (Å²) < 4.78 is 7.30. The van der Waals surface area contributed by atoms with Crippen LogP contribution in [0, 0.1) is 6.92 Å². The van der Waals surface area contributed by atoms with Gasteiger partial charge in [-0.05, 0) is 45.0 Å². The third-order valence-corrected chi connectivity index (χ3v) is 4.00. The fraction of sp³-hybridized carbons (Fsp3) is 0.462. The minimum Gasteiger partial charge on any atom is -0.488 e. The van der Waals surface area contributed by atoms with Crippen molar-refractivity contribution in [3.63, 3.8) is 0 Å². The van der Waals surface area contributed by atoms with Gasteiger partial charge in [-0.1, -0.05) is 6.07 Å². The van der Waals surface area contributed by atoms with Crippen molar-refractivity contribution < 1.29 is 4.74 Å². The van der Waals surface area contributed by atoms with Gasteiger partial charge in [0.2, 0.25) is 0 Å². The molecule has 0 radical (unpaired) electrons. The number of para-hydroxylation sites is 1. The summed E-state index contributed by atoms with van der Waals surface area (Å²) in [6.45, 7) is 4.15. The van der Waals surface area contributed by atoms with Crippen molar-refractivity contribution in [2.75, 3.05) is 13.1 Å². The lowest BCUT2D eigenvalue weighted by Gasteiger charge is -2.23. The predicted octanol–water partition coefficient (Wildman–Crippen LogP) is 2.74. The van der Waals surface area contributed by atoms with Gasteiger partial charge in [-0.3, -0.25) is 0 Å². The van der Waals surface area contributed by atoms with E-state index in [1.54, 1.807) is 11.3 Å². The van der Waals surface area contributed by atoms with Crippen molar-refractivity contribution in [1.29, 1.82) is 0 Å². The van der Waals surface area contributed by atoms with E-state index in [0.29, 0.717) is 6.10 Å². The number of thiazole rings is 1. The van der Waals surface area contributed by atoms with Crippen LogP contribution in [-0.2, 0) is 0 Å². The number of ether oxygens (including phenoxy) is 1. The summed E-state index contributed by atoms with van der Waals surface area (Å²) in [6.07, 6.45) is 2.50. The van der Waals surface area contributed by atoms with E-state index in [1.807, 2.05) is 13.0 Å². The summed E-state index contributed by atoms with van der Waals surface area (Å²) in [7, 11) is 0. The third kappa shape index (κ3) is 2.28. The SMILES string of the molecule is Cc1nc2c(OC3CCNCC3)cccc2s1. The summed E-state index contributed by atoms with van der Waals surface area (Å²) in [5.74, 6) is 0.943. The summed E-state index contributed by atoms with van der Waals surface area (Å²) in [5.41, 5.74) is 1.02. The average Bonchev–Trinajstić information content (AvgIpc) is 2.72. The molecular formula is C13H16N2OS. The molecule has 4 heteroatoms. The molecule has 1 fully saturated rings. The van der Waals surface area contributed by atoms with Gasteiger partial charge in [0.25, 0.3) is 0 Å². The van der Waals surface area contributed by atoms with Gasteiger partial charge in [0.1, 0.15) is 17.4 Å². The van der Waals surface area contributed by atoms with Crippen molar-refractivity contribution in [2.45, 2.75) is 25.9 Å². The summed E-state index contributed by atoms with van der Waals surface area (Å²) in [6, 6.07) is 6.19. The summed E-state index contributed by atoms with van der Waals surface area (Å²) in [5, 5.41) is 4.45. The first-order chi connectivity index (χ1) is 8.33. The first-order valence-corrected chi connectivity index (χ1v) is 6.88. The standard InChI is InChI=1S/C13H16N2OS/c1-9-15-13-11(3-2-4-12(13)17-9)16-10-5-7-14-8-6-10/h2-4,10,14H,5-8H2,1H3. The van der Waals surface area contributed by atoms with Gasteiger partial charge >= 0.3 is 0 Å². The van der Waals surface area contributed by atoms with Gasteiger partial charge in [0, 0.05) is 0 Å². The van der Waals surface area contributed by atoms with Gasteiger partial charge in [0.05, 0.1) is 9.71 Å². The molecule has 1 aromatic heterocycles. The Balaban J connectivity index is 1.88. The Morgan fingerprint density at radius 1 is 1.35 bits per heavy atom. The van der Waals surface area contributed by atoms with Crippen LogP contribution in [0.1, 0.15) is 17.8 Å². The number of piperidine rings is 1. The van der Waals surface area contributed by atoms with E-state index in [-0.39, 0.29) is 0 Å². The van der Waals surface area contributed by atoms with E-state index in [9.17, 15) is 0 Å². The van der Waals surface area contributed by atoms with Crippen LogP contribution in [0.25, 0.3) is 10.2 Å². The van der Waals surface area contributed by atoms with E-state index in [1.165, 1.54) is 4.70 Å². The maximum Gasteiger partial charge on any atom is 0.146 e. The highest BCUT2D eigenvalue weighted by molar-refractivity contribution is 7.18. The zero-order valence-corrected chi connectivity index (χ0v) is 10.7. The molecule has 0 saturated carbocycles. The number of benzene rings is 1. The monoisotopic (exact) mass is 248 g/mol. The van der Waals surface area contributed by atoms with E-state index in [2.05, 4.69) is 22.4 Å². The number of rotatable bonds is 2. The molecule has 1 N–H and O–H groups in total. The van der Waals surface area contributed by atoms with Crippen LogP contribution in [0.3, 0.4) is 0 Å². The molecule has 1 aliphatic rings. The minimum absolute atomic E-state index is 0.337. The highest BCUT2D eigenvalue weighted by Gasteiger charge is 2.16. The molecule has 0 aliphatic carbocycles. The molecule has 1 aliphatic heterocycles. The van der Waals surface area contributed by atoms with E-state index < -0.39 is 0 Å². The van der Waals surface area contributed by atoms with Crippen LogP contribution in [0.2, 0.25) is 0 Å². The molecule has 3 nitrogen and oxygen atoms in total. The Kier molecular flexibility index (Phi) is 2.99. The first-order valence-electron chi connectivity index (χ1n) is 6.06. The molecule has 2 heterocycles. The summed E-state index contributed by atoms with van der Waals surface area (Å²) >= 11 is 1.72. The van der Waals surface area contributed by atoms with Gasteiger partial charge in [-0.25, -0.2) is 4.98 Å². The maximum absolute atomic E-state index is 6.09. The largest absolute Gasteiger partial charge is 0.488 e. The number of fused-ring (bicyclic) bond motifs is 1. The van der Waals surface area contributed by atoms with Crippen LogP contribution >= 0.6 is 11.3 Å². The zero-order valence-electron chi connectivity index (χ0n) is 9.90. The molecule has 1 saturated heterocycles. The highest BCUT2D eigenvalue weighted by atomic mass is 32.1. The molecule has 17 heavy (non-hydrogen) atoms. The number of aromatic nitrogens is 1. The van der Waals surface area contributed by atoms with Crippen molar-refractivity contribution in [2.24, 2.45) is 0 Å². The quantitative estimate of drug-likeness (QED) is 0.887. The second-order valence-corrected chi connectivity index (χ2v) is 5.64. The number of hydrogen-bond acceptors (Lipinski definition) is 4. The molecule has 0 spiro atoms. The third-order valence-electron chi connectivity index (χ3n) is 3.07. The summed E-state index contributed by atoms with van der Waals surface area (Å²) in [4.78, 5) is 4.56. The lowest BCUT2D eigenvalue weighted by atomic mass is 10.1. The van der Waals surface area contributed by atoms with Crippen molar-refractivity contribution in [1.82, 2.24) is 10.3 Å². The Hall–Kier alpha value is -1.13. The second kappa shape index (κ2) is 4.63. The fourth-order valence-corrected chi connectivity index (χ4v) is 3.07. The molecular weight excluding hydrogens is 232 g/mol. The molecule has 1 aromatic carbocycles. The van der Waals surface area contributed by atoms with Crippen molar-refractivity contribution in [3.8, 4) is 5.75 Å². The predicted molar refractivity (Wildman–Crippen MR) is 70.9 cm³/mol. The van der Waals surface area contributed by atoms with Gasteiger partial charge < -0.3 is 10.1 Å². The minimum atomic E-state index is 0.337. The van der Waals surface area contributed by atoms with Gasteiger partial charge in [-0.15, -0.1) is 11.3 Å². The number of nitrogens with one attached hydrogen (secondary N) is 1. The molecule has 0 unspecified atom stereocenters. The van der Waals surface area contributed by atoms with Crippen molar-refractivity contribution >= 4 is 21.6 Å². The Morgan fingerprint density at radius 2 is 2.18 bits per heavy atom. The molecule has 0 bridgehead atoms. The normalized spacial score (nSPS) is 17.5. The van der Waals surface area contributed by atoms with Crippen molar-refractivity contribution in [3.05, 3.63) is 23.2 Å². The van der Waals surface area contributed by atoms with Crippen LogP contribution in [0.4, 0.5) is 0 Å². The van der Waals surface area contributed by atoms with Crippen LogP contribution in [0.15, 0.2) is 18.2 Å². The van der Waals surface area contributed by atoms with Gasteiger partial charge in [0.15, 0.2) is 0 Å². The number of nitrogens with zero attached hydrogens (tertiary/aromatic N) is 1. The Bertz CT molecular complexity index is 517. The van der Waals surface area contributed by atoms with Crippen LogP contribution in [0.5, 0.6) is 5.75 Å². The lowest BCUT2D eigenvalue weighted by molar-refractivity contribution is 0.164. The average molecular weight is 248 g/mol. The second-order valence-electron chi connectivity index (χ2n) is 4.40. The molecule has 90 valence electrons. The first kappa shape index (κ1) is 11.0. The molecule has 0 atom stereocenters. The molecule has 0 amide bonds. The maximum atomic E-state index is 6.09. The van der Waals surface area contributed by atoms with E-state index >= 15 is 0 Å². The fourth-order valence-electron chi connectivity index (χ4n) is 2.22. The Labute approximate surface area is 105 Å². The van der Waals surface area contributed by atoms with E-state index in [4.69, 9.17) is 4.74 Å². The molecule has 3 rings (SSSR count). The molecule has 2 aromatic rings. The van der Waals surface area contributed by atoms with E-state index in [0.717, 1.165) is 42.2 Å².